The second-order valence-corrected chi connectivity index (χ2v) is 8.59. The molecule has 5 nitrogen and oxygen atoms in total. The van der Waals surface area contributed by atoms with E-state index in [0.29, 0.717) is 16.8 Å². The molecule has 1 aliphatic heterocycles. The average molecular weight is 511 g/mol. The monoisotopic (exact) mass is 510 g/mol. The van der Waals surface area contributed by atoms with Crippen molar-refractivity contribution in [1.29, 1.82) is 0 Å². The van der Waals surface area contributed by atoms with Crippen molar-refractivity contribution >= 4 is 46.2 Å². The molecule has 1 aromatic carbocycles. The number of allylic oxidation sites excluding steroid dienone is 2. The number of anilines is 1. The molecule has 0 bridgehead atoms. The zero-order valence-electron chi connectivity index (χ0n) is 14.6. The first-order valence-corrected chi connectivity index (χ1v) is 10.0. The molecule has 0 amide bonds. The number of fused-ring (bicyclic) bond motifs is 1. The van der Waals surface area contributed by atoms with Gasteiger partial charge in [0, 0.05) is 11.1 Å². The smallest absolute Gasteiger partial charge is 0.209 e. The van der Waals surface area contributed by atoms with Crippen molar-refractivity contribution in [1.82, 2.24) is 4.98 Å². The molecule has 28 heavy (non-hydrogen) atoms. The number of nitrogens with zero attached hydrogens (tertiary/aromatic N) is 2. The van der Waals surface area contributed by atoms with Gasteiger partial charge in [-0.2, -0.15) is 0 Å². The largest absolute Gasteiger partial charge is 0.364 e. The van der Waals surface area contributed by atoms with Crippen LogP contribution in [-0.2, 0) is 17.0 Å². The standard InChI is InChI=1S/C20H17ClFIN4O/c21-17-9-15-16(10-25-17)26-12-27-20(15,24)14-7-4-8-19(22,23)18(14)28-11-13-5-2-1-3-6-13/h1-10,12,18H,11,24H2,(H,26,27). The lowest BCUT2D eigenvalue weighted by atomic mass is 9.83. The third-order valence-corrected chi connectivity index (χ3v) is 5.83. The third-order valence-electron chi connectivity index (χ3n) is 4.70. The summed E-state index contributed by atoms with van der Waals surface area (Å²) in [6, 6.07) is 11.2. The molecule has 0 saturated heterocycles. The van der Waals surface area contributed by atoms with Crippen LogP contribution < -0.4 is 11.1 Å². The Morgan fingerprint density at radius 3 is 2.89 bits per heavy atom. The molecule has 0 spiro atoms. The van der Waals surface area contributed by atoms with Gasteiger partial charge in [-0.05, 0) is 40.3 Å². The maximum atomic E-state index is 15.4. The van der Waals surface area contributed by atoms with E-state index in [1.54, 1.807) is 47.0 Å². The number of ether oxygens (including phenoxy) is 1. The van der Waals surface area contributed by atoms with Gasteiger partial charge in [-0.15, -0.1) is 0 Å². The van der Waals surface area contributed by atoms with Crippen LogP contribution in [0.25, 0.3) is 0 Å². The van der Waals surface area contributed by atoms with Crippen LogP contribution in [0.5, 0.6) is 0 Å². The minimum Gasteiger partial charge on any atom is -0.364 e. The zero-order chi connectivity index (χ0) is 19.8. The van der Waals surface area contributed by atoms with Crippen molar-refractivity contribution in [3.05, 3.63) is 82.7 Å². The number of rotatable bonds is 4. The van der Waals surface area contributed by atoms with Gasteiger partial charge in [-0.3, -0.25) is 5.73 Å². The number of aliphatic imine (C=N–C) groups is 1. The van der Waals surface area contributed by atoms with E-state index in [0.717, 1.165) is 5.56 Å². The Bertz CT molecular complexity index is 979. The van der Waals surface area contributed by atoms with E-state index in [-0.39, 0.29) is 11.8 Å². The summed E-state index contributed by atoms with van der Waals surface area (Å²) in [4.78, 5) is 8.51. The van der Waals surface area contributed by atoms with Gasteiger partial charge in [-0.25, -0.2) is 14.4 Å². The summed E-state index contributed by atoms with van der Waals surface area (Å²) in [5.41, 5.74) is 8.10. The summed E-state index contributed by atoms with van der Waals surface area (Å²) in [5.74, 6) is 0. The number of pyridine rings is 1. The van der Waals surface area contributed by atoms with E-state index in [1.807, 2.05) is 30.3 Å². The Morgan fingerprint density at radius 1 is 1.32 bits per heavy atom. The number of halogens is 3. The molecule has 0 saturated carbocycles. The van der Waals surface area contributed by atoms with Gasteiger partial charge < -0.3 is 10.1 Å². The quantitative estimate of drug-likeness (QED) is 0.361. The van der Waals surface area contributed by atoms with E-state index in [9.17, 15) is 0 Å². The highest BCUT2D eigenvalue weighted by molar-refractivity contribution is 14.1. The predicted octanol–water partition coefficient (Wildman–Crippen LogP) is 4.48. The normalized spacial score (nSPS) is 28.4. The molecule has 1 aromatic heterocycles. The van der Waals surface area contributed by atoms with Crippen molar-refractivity contribution in [3.8, 4) is 0 Å². The summed E-state index contributed by atoms with van der Waals surface area (Å²) in [6.45, 7) is 0.243. The topological polar surface area (TPSA) is 72.5 Å². The van der Waals surface area contributed by atoms with Crippen LogP contribution in [0.15, 0.2) is 71.4 Å². The fourth-order valence-electron chi connectivity index (χ4n) is 3.31. The predicted molar refractivity (Wildman–Crippen MR) is 117 cm³/mol. The molecule has 3 N–H and O–H groups in total. The van der Waals surface area contributed by atoms with Crippen molar-refractivity contribution in [3.63, 3.8) is 0 Å². The van der Waals surface area contributed by atoms with E-state index in [2.05, 4.69) is 15.3 Å². The van der Waals surface area contributed by atoms with Crippen LogP contribution >= 0.6 is 34.2 Å². The molecular weight excluding hydrogens is 494 g/mol. The van der Waals surface area contributed by atoms with Gasteiger partial charge in [0.2, 0.25) is 3.68 Å². The first-order chi connectivity index (χ1) is 13.4. The van der Waals surface area contributed by atoms with Crippen molar-refractivity contribution < 1.29 is 9.13 Å². The number of hydrogen-bond acceptors (Lipinski definition) is 5. The number of nitrogens with one attached hydrogen (secondary N) is 1. The molecule has 3 atom stereocenters. The first-order valence-electron chi connectivity index (χ1n) is 8.58. The highest BCUT2D eigenvalue weighted by atomic mass is 127. The van der Waals surface area contributed by atoms with Crippen LogP contribution in [0, 0.1) is 0 Å². The maximum absolute atomic E-state index is 15.4. The van der Waals surface area contributed by atoms with Crippen LogP contribution in [0.3, 0.4) is 0 Å². The molecule has 3 unspecified atom stereocenters. The second-order valence-electron chi connectivity index (χ2n) is 6.55. The summed E-state index contributed by atoms with van der Waals surface area (Å²) >= 11 is 7.83. The van der Waals surface area contributed by atoms with E-state index < -0.39 is 15.4 Å². The number of aromatic nitrogens is 1. The van der Waals surface area contributed by atoms with Gasteiger partial charge in [-0.1, -0.05) is 54.1 Å². The first kappa shape index (κ1) is 19.5. The van der Waals surface area contributed by atoms with Crippen LogP contribution in [0.1, 0.15) is 11.1 Å². The number of nitrogens with two attached hydrogens (primary N) is 1. The van der Waals surface area contributed by atoms with Crippen molar-refractivity contribution in [2.45, 2.75) is 22.0 Å². The van der Waals surface area contributed by atoms with E-state index in [4.69, 9.17) is 22.1 Å². The summed E-state index contributed by atoms with van der Waals surface area (Å²) in [6.07, 6.45) is 6.99. The lowest BCUT2D eigenvalue weighted by molar-refractivity contribution is 0.0106. The van der Waals surface area contributed by atoms with Gasteiger partial charge in [0.15, 0.2) is 5.66 Å². The number of benzene rings is 1. The molecule has 8 heteroatoms. The van der Waals surface area contributed by atoms with Gasteiger partial charge in [0.05, 0.1) is 24.8 Å². The SMILES string of the molecule is NC1(C2=CC=CC(F)(I)C2OCc2ccccc2)N=CNc2cnc(Cl)cc21. The number of hydrogen-bond donors (Lipinski definition) is 2. The van der Waals surface area contributed by atoms with Crippen LogP contribution in [-0.4, -0.2) is 21.1 Å². The zero-order valence-corrected chi connectivity index (χ0v) is 17.6. The molecule has 0 fully saturated rings. The van der Waals surface area contributed by atoms with E-state index in [1.165, 1.54) is 12.4 Å². The second kappa shape index (κ2) is 7.55. The fraction of sp³-hybridized carbons (Fsp3) is 0.200. The lowest BCUT2D eigenvalue weighted by Gasteiger charge is -2.40. The molecule has 2 aromatic rings. The van der Waals surface area contributed by atoms with Crippen LogP contribution in [0.4, 0.5) is 10.1 Å². The third kappa shape index (κ3) is 3.59. The summed E-state index contributed by atoms with van der Waals surface area (Å²) in [5, 5.41) is 3.28. The molecule has 0 radical (unpaired) electrons. The van der Waals surface area contributed by atoms with Gasteiger partial charge in [0.25, 0.3) is 0 Å². The molecule has 2 heterocycles. The molecule has 1 aliphatic carbocycles. The minimum absolute atomic E-state index is 0.243. The fourth-order valence-corrected chi connectivity index (χ4v) is 4.19. The molecule has 2 aliphatic rings. The molecule has 4 rings (SSSR count). The molecular formula is C20H17ClFIN4O. The lowest BCUT2D eigenvalue weighted by Crippen LogP contribution is -2.49. The van der Waals surface area contributed by atoms with E-state index >= 15 is 4.39 Å². The summed E-state index contributed by atoms with van der Waals surface area (Å²) < 4.78 is 19.7. The van der Waals surface area contributed by atoms with Gasteiger partial charge in [0.1, 0.15) is 11.3 Å². The number of alkyl halides is 2. The average Bonchev–Trinajstić information content (AvgIpc) is 2.68. The Balaban J connectivity index is 1.73. The maximum Gasteiger partial charge on any atom is 0.209 e. The Kier molecular flexibility index (Phi) is 5.26. The Labute approximate surface area is 180 Å². The Morgan fingerprint density at radius 2 is 2.11 bits per heavy atom. The van der Waals surface area contributed by atoms with Crippen LogP contribution in [0.2, 0.25) is 5.15 Å². The summed E-state index contributed by atoms with van der Waals surface area (Å²) in [7, 11) is 0. The van der Waals surface area contributed by atoms with Crippen molar-refractivity contribution in [2.75, 3.05) is 5.32 Å². The highest BCUT2D eigenvalue weighted by Gasteiger charge is 2.48. The minimum atomic E-state index is -1.78. The molecule has 144 valence electrons. The highest BCUT2D eigenvalue weighted by Crippen LogP contribution is 2.45. The van der Waals surface area contributed by atoms with Gasteiger partial charge >= 0.3 is 0 Å². The Hall–Kier alpha value is -1.81. The van der Waals surface area contributed by atoms with Crippen molar-refractivity contribution in [2.24, 2.45) is 10.7 Å².